The topological polar surface area (TPSA) is 588 Å². The molecular formula is C77H112N20O15. The number of likely N-dealkylation sites (tertiary alicyclic amines) is 2. The summed E-state index contributed by atoms with van der Waals surface area (Å²) in [6.07, 6.45) is 4.13. The van der Waals surface area contributed by atoms with Crippen molar-refractivity contribution in [1.29, 1.82) is 0 Å². The van der Waals surface area contributed by atoms with Gasteiger partial charge in [0.15, 0.2) is 5.96 Å². The molecule has 13 amide bonds. The summed E-state index contributed by atoms with van der Waals surface area (Å²) in [6.45, 7) is 9.33. The number of H-pyrrole nitrogens is 2. The number of aliphatic imine (C=N–C) groups is 1. The van der Waals surface area contributed by atoms with Crippen LogP contribution < -0.4 is 82.7 Å². The molecule has 0 radical (unpaired) electrons. The number of fused-ring (bicyclic) bond motifs is 2. The Morgan fingerprint density at radius 3 is 1.35 bits per heavy atom. The van der Waals surface area contributed by atoms with Crippen LogP contribution in [0, 0.1) is 11.8 Å². The number of para-hydroxylation sites is 2. The Labute approximate surface area is 650 Å². The van der Waals surface area contributed by atoms with Crippen LogP contribution in [-0.2, 0) is 86.4 Å². The van der Waals surface area contributed by atoms with Gasteiger partial charge in [-0.1, -0.05) is 94.4 Å². The molecule has 112 heavy (non-hydrogen) atoms. The van der Waals surface area contributed by atoms with Crippen LogP contribution in [0.2, 0.25) is 0 Å². The molecule has 25 N–H and O–H groups in total. The van der Waals surface area contributed by atoms with Gasteiger partial charge in [0, 0.05) is 92.9 Å². The predicted octanol–water partition coefficient (Wildman–Crippen LogP) is -0.753. The molecule has 4 heterocycles. The minimum atomic E-state index is -1.69. The second-order valence-corrected chi connectivity index (χ2v) is 29.2. The molecule has 5 aromatic rings. The molecule has 0 bridgehead atoms. The molecular weight excluding hydrogens is 1440 g/mol. The number of guanidine groups is 1. The van der Waals surface area contributed by atoms with Crippen LogP contribution in [0.1, 0.15) is 148 Å². The van der Waals surface area contributed by atoms with Crippen molar-refractivity contribution in [3.63, 3.8) is 0 Å². The first-order valence-electron chi connectivity index (χ1n) is 38.0. The van der Waals surface area contributed by atoms with Crippen molar-refractivity contribution in [2.24, 2.45) is 57.0 Å². The number of hydrogen-bond donors (Lipinski definition) is 18. The van der Waals surface area contributed by atoms with Crippen molar-refractivity contribution in [1.82, 2.24) is 62.3 Å². The van der Waals surface area contributed by atoms with E-state index in [4.69, 9.17) is 50.0 Å². The number of amides is 13. The molecule has 35 nitrogen and oxygen atoms in total. The largest absolute Gasteiger partial charge is 0.481 e. The third-order valence-electron chi connectivity index (χ3n) is 19.2. The third-order valence-corrected chi connectivity index (χ3v) is 19.2. The average molecular weight is 1560 g/mol. The second kappa shape index (κ2) is 44.4. The van der Waals surface area contributed by atoms with Crippen LogP contribution >= 0.6 is 0 Å². The number of benzene rings is 3. The van der Waals surface area contributed by atoms with Crippen LogP contribution in [0.4, 0.5) is 0 Å². The number of nitrogens with zero attached hydrogens (tertiary/aromatic N) is 3. The van der Waals surface area contributed by atoms with E-state index in [-0.39, 0.29) is 95.3 Å². The summed E-state index contributed by atoms with van der Waals surface area (Å²) in [5, 5.41) is 30.9. The minimum absolute atomic E-state index is 0.0342. The van der Waals surface area contributed by atoms with E-state index in [9.17, 15) is 47.9 Å². The number of aromatic amines is 2. The lowest BCUT2D eigenvalue weighted by Gasteiger charge is -2.32. The molecule has 35 heteroatoms. The van der Waals surface area contributed by atoms with E-state index in [0.717, 1.165) is 17.8 Å². The Bertz CT molecular complexity index is 4100. The molecule has 0 spiro atoms. The predicted molar refractivity (Wildman–Crippen MR) is 418 cm³/mol. The zero-order valence-electron chi connectivity index (χ0n) is 64.3. The first kappa shape index (κ1) is 89.4. The van der Waals surface area contributed by atoms with Crippen molar-refractivity contribution in [2.45, 2.75) is 217 Å². The summed E-state index contributed by atoms with van der Waals surface area (Å²) in [5.41, 5.74) is 43.1. The van der Waals surface area contributed by atoms with Gasteiger partial charge in [-0.15, -0.1) is 0 Å². The smallest absolute Gasteiger partial charge is 0.300 e. The minimum Gasteiger partial charge on any atom is -0.481 e. The van der Waals surface area contributed by atoms with E-state index in [1.807, 2.05) is 45.9 Å². The van der Waals surface area contributed by atoms with Gasteiger partial charge in [0.1, 0.15) is 60.4 Å². The van der Waals surface area contributed by atoms with Gasteiger partial charge in [-0.2, -0.15) is 0 Å². The highest BCUT2D eigenvalue weighted by Gasteiger charge is 2.43. The lowest BCUT2D eigenvalue weighted by Crippen LogP contribution is -2.61. The fourth-order valence-corrected chi connectivity index (χ4v) is 13.6. The number of nitrogens with two attached hydrogens (primary N) is 7. The molecule has 2 fully saturated rings. The van der Waals surface area contributed by atoms with Crippen LogP contribution in [0.3, 0.4) is 0 Å². The second-order valence-electron chi connectivity index (χ2n) is 29.2. The first-order chi connectivity index (χ1) is 53.2. The Kier molecular flexibility index (Phi) is 35.4. The van der Waals surface area contributed by atoms with E-state index in [1.54, 1.807) is 73.1 Å². The summed E-state index contributed by atoms with van der Waals surface area (Å²) >= 11 is 0. The highest BCUT2D eigenvalue weighted by molar-refractivity contribution is 6.00. The van der Waals surface area contributed by atoms with Crippen LogP contribution in [-0.4, -0.2) is 206 Å². The molecule has 2 aliphatic rings. The number of hydrogen-bond acceptors (Lipinski definition) is 17. The number of carbonyl (C=O) groups excluding carboxylic acids is 13. The zero-order valence-corrected chi connectivity index (χ0v) is 64.3. The van der Waals surface area contributed by atoms with E-state index < -0.39 is 175 Å². The number of unbranched alkanes of at least 4 members (excludes halogenated alkanes) is 1. The Morgan fingerprint density at radius 1 is 0.482 bits per heavy atom. The average Bonchev–Trinajstić information content (AvgIpc) is 1.65. The highest BCUT2D eigenvalue weighted by Crippen LogP contribution is 2.26. The molecule has 2 aromatic heterocycles. The number of carboxylic acid groups (broad SMARTS) is 1. The van der Waals surface area contributed by atoms with Crippen molar-refractivity contribution in [2.75, 3.05) is 26.2 Å². The molecule has 0 aliphatic carbocycles. The summed E-state index contributed by atoms with van der Waals surface area (Å²) in [5.74, 6) is -11.4. The monoisotopic (exact) mass is 1560 g/mol. The quantitative estimate of drug-likeness (QED) is 0.0130. The molecule has 3 aromatic carbocycles. The number of rotatable bonds is 43. The standard InChI is InChI=1S/C75H108N20O13.C2H4O2/c1-42(2)35-55(64(80)98)89-67(101)56(36-43(3)4)90-69(103)59(39-46-41-85-51-23-11-9-20-48(46)51)93-68(102)57(37-44-17-6-5-7-18-44)91-70(104)58(38-45-40-84-50-22-10-8-19-47(45)50)92-66(100)52(27-29-62(78)96)86-65(99)53(28-30-63(79)97)87-71(105)61-26-16-34-95(61)74(108)54(24-12-13-31-76)88-72(106)60-25-15-33-94(60)73(107)49(77)21-14-32-83-75(81)82;1-2(3)4/h5-11,17-20,22-23,40-43,49,52-61,84-85H,12-16,21,24-39,76-77H2,1-4H3,(H2,78,96)(H2,79,97)(H2,80,98)(H,86,99)(H,87,105)(H,88,106)(H,89,101)(H,90,103)(H,91,104)(H,92,100)(H,93,102)(H4,81,82,83);1H3,(H,3,4)/t49-,52+,53+,54+,55+,56+,57+,58-,59-,60-,61+;/m1./s1. The Morgan fingerprint density at radius 2 is 0.884 bits per heavy atom. The van der Waals surface area contributed by atoms with E-state index in [2.05, 4.69) is 57.5 Å². The Hall–Kier alpha value is -11.5. The summed E-state index contributed by atoms with van der Waals surface area (Å²) in [7, 11) is 0. The first-order valence-corrected chi connectivity index (χ1v) is 38.0. The van der Waals surface area contributed by atoms with E-state index in [0.29, 0.717) is 66.1 Å². The van der Waals surface area contributed by atoms with Gasteiger partial charge >= 0.3 is 0 Å². The summed E-state index contributed by atoms with van der Waals surface area (Å²) in [4.78, 5) is 206. The van der Waals surface area contributed by atoms with Crippen LogP contribution in [0.25, 0.3) is 21.8 Å². The van der Waals surface area contributed by atoms with Crippen molar-refractivity contribution >= 4 is 111 Å². The van der Waals surface area contributed by atoms with Gasteiger partial charge in [-0.25, -0.2) is 0 Å². The van der Waals surface area contributed by atoms with Gasteiger partial charge in [0.2, 0.25) is 76.8 Å². The van der Waals surface area contributed by atoms with Crippen molar-refractivity contribution < 1.29 is 72.2 Å². The number of carboxylic acids is 1. The van der Waals surface area contributed by atoms with Gasteiger partial charge in [-0.05, 0) is 131 Å². The maximum atomic E-state index is 15.4. The normalized spacial score (nSPS) is 16.3. The lowest BCUT2D eigenvalue weighted by molar-refractivity contribution is -0.144. The highest BCUT2D eigenvalue weighted by atomic mass is 16.4. The molecule has 2 saturated heterocycles. The third kappa shape index (κ3) is 28.1. The molecule has 0 unspecified atom stereocenters. The van der Waals surface area contributed by atoms with Crippen molar-refractivity contribution in [3.8, 4) is 0 Å². The molecule has 0 saturated carbocycles. The van der Waals surface area contributed by atoms with Gasteiger partial charge in [0.05, 0.1) is 6.04 Å². The maximum absolute atomic E-state index is 15.4. The molecule has 11 atom stereocenters. The van der Waals surface area contributed by atoms with E-state index in [1.165, 1.54) is 9.80 Å². The number of nitrogens with one attached hydrogen (secondary N) is 10. The molecule has 610 valence electrons. The maximum Gasteiger partial charge on any atom is 0.300 e. The molecule has 2 aliphatic heterocycles. The summed E-state index contributed by atoms with van der Waals surface area (Å²) in [6, 6.07) is 8.67. The molecule has 7 rings (SSSR count). The zero-order chi connectivity index (χ0) is 82.3. The van der Waals surface area contributed by atoms with Crippen molar-refractivity contribution in [3.05, 3.63) is 108 Å². The van der Waals surface area contributed by atoms with Crippen LogP contribution in [0.15, 0.2) is 96.2 Å². The van der Waals surface area contributed by atoms with E-state index >= 15 is 14.4 Å². The van der Waals surface area contributed by atoms with Gasteiger partial charge in [0.25, 0.3) is 5.97 Å². The SMILES string of the molecule is CC(=O)O.CC(C)C[C@H](NC(=O)[C@H](CC(C)C)NC(=O)[C@@H](Cc1c[nH]c2ccccc12)NC(=O)[C@H](Cc1ccccc1)NC(=O)[C@@H](Cc1c[nH]c2ccccc12)NC(=O)[C@H](CCC(N)=O)NC(=O)[C@H](CCC(N)=O)NC(=O)[C@@H]1CCCN1C(=O)[C@H](CCCCN)NC(=O)[C@H]1CCCN1C(=O)[C@H](N)CCCN=C(N)N)C(N)=O. The number of aromatic nitrogens is 2. The number of carbonyl (C=O) groups is 14. The lowest BCUT2D eigenvalue weighted by atomic mass is 9.98. The fourth-order valence-electron chi connectivity index (χ4n) is 13.6. The van der Waals surface area contributed by atoms with Gasteiger partial charge in [-0.3, -0.25) is 72.1 Å². The Balaban J connectivity index is 0.00000477. The van der Waals surface area contributed by atoms with Crippen LogP contribution in [0.5, 0.6) is 0 Å². The number of aliphatic carboxylic acids is 1. The summed E-state index contributed by atoms with van der Waals surface area (Å²) < 4.78 is 0. The fraction of sp³-hybridized carbons (Fsp3) is 0.519. The van der Waals surface area contributed by atoms with Gasteiger partial charge < -0.3 is 108 Å². The number of primary amides is 3.